The van der Waals surface area contributed by atoms with Gasteiger partial charge in [0.25, 0.3) is 5.91 Å². The number of carbonyl (C=O) groups excluding carboxylic acids is 2. The lowest BCUT2D eigenvalue weighted by Crippen LogP contribution is -2.48. The van der Waals surface area contributed by atoms with Crippen LogP contribution in [0.15, 0.2) is 34.3 Å². The summed E-state index contributed by atoms with van der Waals surface area (Å²) in [5.41, 5.74) is 2.54. The largest absolute Gasteiger partial charge is 0.324 e. The Bertz CT molecular complexity index is 1040. The highest BCUT2D eigenvalue weighted by atomic mass is 32.2. The Kier molecular flexibility index (Phi) is 5.42. The molecule has 1 aromatic carbocycles. The zero-order chi connectivity index (χ0) is 20.5. The number of rotatable bonds is 4. The van der Waals surface area contributed by atoms with Crippen LogP contribution in [-0.2, 0) is 20.4 Å². The van der Waals surface area contributed by atoms with Crippen LogP contribution < -0.4 is 16.1 Å². The van der Waals surface area contributed by atoms with Crippen LogP contribution in [0.1, 0.15) is 20.8 Å². The molecule has 0 saturated heterocycles. The van der Waals surface area contributed by atoms with Gasteiger partial charge in [-0.3, -0.25) is 29.3 Å². The van der Waals surface area contributed by atoms with Gasteiger partial charge in [0.1, 0.15) is 0 Å². The van der Waals surface area contributed by atoms with E-state index in [1.807, 2.05) is 20.8 Å². The topological polar surface area (TPSA) is 144 Å². The maximum Gasteiger partial charge on any atom is 0.276 e. The van der Waals surface area contributed by atoms with Crippen molar-refractivity contribution in [3.05, 3.63) is 29.0 Å². The van der Waals surface area contributed by atoms with Crippen molar-refractivity contribution in [3.8, 4) is 0 Å². The zero-order valence-electron chi connectivity index (χ0n) is 15.3. The summed E-state index contributed by atoms with van der Waals surface area (Å²) in [7, 11) is -1.82. The smallest absolute Gasteiger partial charge is 0.276 e. The minimum atomic E-state index is -1.82. The van der Waals surface area contributed by atoms with E-state index < -0.39 is 33.4 Å². The lowest BCUT2D eigenvalue weighted by atomic mass is 10.1. The molecule has 0 spiro atoms. The van der Waals surface area contributed by atoms with Gasteiger partial charge in [-0.05, 0) is 45.1 Å². The van der Waals surface area contributed by atoms with E-state index in [0.29, 0.717) is 10.6 Å². The molecule has 0 saturated carbocycles. The highest BCUT2D eigenvalue weighted by Crippen LogP contribution is 2.28. The number of benzene rings is 1. The number of hydrogen-bond donors (Lipinski definition) is 5. The van der Waals surface area contributed by atoms with Crippen LogP contribution in [-0.4, -0.2) is 47.7 Å². The van der Waals surface area contributed by atoms with Crippen molar-refractivity contribution in [1.82, 2.24) is 20.6 Å². The number of aromatic nitrogens is 3. The summed E-state index contributed by atoms with van der Waals surface area (Å²) in [5, 5.41) is 13.1. The van der Waals surface area contributed by atoms with Crippen LogP contribution >= 0.6 is 12.2 Å². The number of H-pyrrole nitrogens is 2. The molecule has 28 heavy (non-hydrogen) atoms. The highest BCUT2D eigenvalue weighted by Gasteiger charge is 2.40. The molecule has 2 amide bonds. The highest BCUT2D eigenvalue weighted by molar-refractivity contribution is 7.88. The molecular weight excluding hydrogens is 402 g/mol. The average molecular weight is 422 g/mol. The van der Waals surface area contributed by atoms with Crippen LogP contribution in [0.5, 0.6) is 0 Å². The van der Waals surface area contributed by atoms with Crippen molar-refractivity contribution in [3.63, 3.8) is 0 Å². The van der Waals surface area contributed by atoms with E-state index in [2.05, 4.69) is 36.3 Å². The minimum absolute atomic E-state index is 0.0564. The maximum absolute atomic E-state index is 13.1. The molecule has 1 aliphatic rings. The number of hydrazone groups is 1. The van der Waals surface area contributed by atoms with E-state index in [0.717, 1.165) is 0 Å². The second kappa shape index (κ2) is 7.64. The Balaban J connectivity index is 1.98. The first-order valence-electron chi connectivity index (χ1n) is 8.27. The van der Waals surface area contributed by atoms with Crippen molar-refractivity contribution in [2.24, 2.45) is 5.10 Å². The molecular formula is C16H19N7O3S2. The molecule has 0 fully saturated rings. The number of anilines is 2. The maximum atomic E-state index is 13.1. The molecule has 0 bridgehead atoms. The summed E-state index contributed by atoms with van der Waals surface area (Å²) in [5.74, 6) is -1.26. The van der Waals surface area contributed by atoms with Crippen LogP contribution in [0.2, 0.25) is 0 Å². The van der Waals surface area contributed by atoms with Gasteiger partial charge < -0.3 is 10.7 Å². The second-order valence-corrected chi connectivity index (χ2v) is 8.88. The average Bonchev–Trinajstić information content (AvgIpc) is 3.01. The Morgan fingerprint density at radius 2 is 2.00 bits per heavy atom. The number of aromatic amines is 2. The second-order valence-electron chi connectivity index (χ2n) is 6.99. The van der Waals surface area contributed by atoms with Crippen LogP contribution in [0, 0.1) is 4.77 Å². The van der Waals surface area contributed by atoms with Gasteiger partial charge in [-0.1, -0.05) is 12.1 Å². The van der Waals surface area contributed by atoms with Crippen LogP contribution in [0.4, 0.5) is 11.6 Å². The predicted octanol–water partition coefficient (Wildman–Crippen LogP) is 1.28. The first-order chi connectivity index (χ1) is 13.2. The number of carbonyl (C=O) groups is 2. The van der Waals surface area contributed by atoms with Crippen molar-refractivity contribution in [2.45, 2.75) is 36.5 Å². The van der Waals surface area contributed by atoms with E-state index in [1.165, 1.54) is 0 Å². The van der Waals surface area contributed by atoms with Gasteiger partial charge in [0.15, 0.2) is 11.0 Å². The Morgan fingerprint density at radius 3 is 2.64 bits per heavy atom. The number of nitrogens with zero attached hydrogens (tertiary/aromatic N) is 2. The number of nitrogens with one attached hydrogen (secondary N) is 5. The fourth-order valence-electron chi connectivity index (χ4n) is 2.35. The lowest BCUT2D eigenvalue weighted by Gasteiger charge is -2.25. The summed E-state index contributed by atoms with van der Waals surface area (Å²) in [6.07, 6.45) is 0. The molecule has 12 heteroatoms. The summed E-state index contributed by atoms with van der Waals surface area (Å²) in [6, 6.07) is 6.71. The molecule has 2 atom stereocenters. The number of fused-ring (bicyclic) bond motifs is 1. The summed E-state index contributed by atoms with van der Waals surface area (Å²) >= 11 is 4.85. The number of amides is 2. The molecule has 1 aliphatic heterocycles. The standard InChI is InChI=1S/C16H19N7O3S2/c1-16(2,3)23-20-10(12(24)18-14-19-15(27)22-21-14)11-13(25)17-8-6-4-5-7-9(8)28(11)26/h4-7,11,23H,1-3H3,(H,17,25)(H3,18,19,21,22,24,27). The van der Waals surface area contributed by atoms with Gasteiger partial charge in [-0.2, -0.15) is 10.1 Å². The minimum Gasteiger partial charge on any atom is -0.324 e. The van der Waals surface area contributed by atoms with Crippen molar-refractivity contribution in [1.29, 1.82) is 0 Å². The first-order valence-corrected chi connectivity index (χ1v) is 9.89. The van der Waals surface area contributed by atoms with Crippen molar-refractivity contribution in [2.75, 3.05) is 10.6 Å². The Hall–Kier alpha value is -2.86. The van der Waals surface area contributed by atoms with Crippen LogP contribution in [0.25, 0.3) is 0 Å². The summed E-state index contributed by atoms with van der Waals surface area (Å²) in [4.78, 5) is 29.8. The van der Waals surface area contributed by atoms with Gasteiger partial charge >= 0.3 is 0 Å². The third kappa shape index (κ3) is 4.34. The predicted molar refractivity (Wildman–Crippen MR) is 108 cm³/mol. The number of hydrogen-bond acceptors (Lipinski definition) is 7. The third-order valence-corrected chi connectivity index (χ3v) is 5.39. The lowest BCUT2D eigenvalue weighted by molar-refractivity contribution is -0.116. The molecule has 1 aromatic heterocycles. The third-order valence-electron chi connectivity index (χ3n) is 3.54. The van der Waals surface area contributed by atoms with Crippen LogP contribution in [0.3, 0.4) is 0 Å². The Morgan fingerprint density at radius 1 is 1.29 bits per heavy atom. The molecule has 10 nitrogen and oxygen atoms in total. The molecule has 3 rings (SSSR count). The summed E-state index contributed by atoms with van der Waals surface area (Å²) < 4.78 is 13.2. The molecule has 2 unspecified atom stereocenters. The fourth-order valence-corrected chi connectivity index (χ4v) is 3.91. The van der Waals surface area contributed by atoms with E-state index in [-0.39, 0.29) is 16.4 Å². The van der Waals surface area contributed by atoms with Gasteiger partial charge in [0.05, 0.1) is 21.4 Å². The molecule has 0 aliphatic carbocycles. The van der Waals surface area contributed by atoms with Gasteiger partial charge in [-0.15, -0.1) is 0 Å². The zero-order valence-corrected chi connectivity index (χ0v) is 17.0. The van der Waals surface area contributed by atoms with E-state index in [1.54, 1.807) is 24.3 Å². The fraction of sp³-hybridized carbons (Fsp3) is 0.312. The van der Waals surface area contributed by atoms with E-state index in [9.17, 15) is 13.8 Å². The molecule has 0 radical (unpaired) electrons. The normalized spacial score (nSPS) is 19.5. The van der Waals surface area contributed by atoms with Gasteiger partial charge in [0.2, 0.25) is 16.6 Å². The van der Waals surface area contributed by atoms with Gasteiger partial charge in [0, 0.05) is 5.54 Å². The SMILES string of the molecule is CC(C)(C)NN=C(C(=O)Nc1nc(=S)[nH][nH]1)C1C(=O)Nc2ccccc2S1=O. The summed E-state index contributed by atoms with van der Waals surface area (Å²) in [6.45, 7) is 5.51. The van der Waals surface area contributed by atoms with E-state index in [4.69, 9.17) is 12.2 Å². The van der Waals surface area contributed by atoms with Gasteiger partial charge in [-0.25, -0.2) is 0 Å². The van der Waals surface area contributed by atoms with Crippen molar-refractivity contribution >= 4 is 52.2 Å². The van der Waals surface area contributed by atoms with E-state index >= 15 is 0 Å². The molecule has 2 heterocycles. The van der Waals surface area contributed by atoms with Crippen molar-refractivity contribution < 1.29 is 13.8 Å². The molecule has 5 N–H and O–H groups in total. The Labute approximate surface area is 168 Å². The quantitative estimate of drug-likeness (QED) is 0.286. The monoisotopic (exact) mass is 421 g/mol. The molecule has 2 aromatic rings. The first kappa shape index (κ1) is 19.9. The number of para-hydroxylation sites is 1. The molecule has 148 valence electrons.